The Morgan fingerprint density at radius 2 is 0.549 bits per heavy atom. The predicted molar refractivity (Wildman–Crippen MR) is 373 cm³/mol. The van der Waals surface area contributed by atoms with Crippen molar-refractivity contribution < 1.29 is 0 Å². The zero-order valence-corrected chi connectivity index (χ0v) is 48.9. The molecule has 8 nitrogen and oxygen atoms in total. The van der Waals surface area contributed by atoms with Crippen LogP contribution in [-0.4, -0.2) is 28.7 Å². The summed E-state index contributed by atoms with van der Waals surface area (Å²) in [6.07, 6.45) is 0. The predicted octanol–water partition coefficient (Wildman–Crippen LogP) is 21.9. The maximum Gasteiger partial charge on any atom is 0.194 e. The van der Waals surface area contributed by atoms with Gasteiger partial charge in [0.1, 0.15) is 0 Å². The minimum atomic E-state index is 0.513. The normalized spacial score (nSPS) is 11.5. The van der Waals surface area contributed by atoms with Gasteiger partial charge in [-0.3, -0.25) is 0 Å². The lowest BCUT2D eigenvalue weighted by Gasteiger charge is -2.24. The van der Waals surface area contributed by atoms with Gasteiger partial charge < -0.3 is 13.7 Å². The van der Waals surface area contributed by atoms with E-state index in [0.29, 0.717) is 28.8 Å². The molecule has 13 aromatic carbocycles. The van der Waals surface area contributed by atoms with Crippen LogP contribution in [0.5, 0.6) is 0 Å². The van der Waals surface area contributed by atoms with E-state index in [0.717, 1.165) is 144 Å². The van der Waals surface area contributed by atoms with Crippen LogP contribution in [0.25, 0.3) is 171 Å². The van der Waals surface area contributed by atoms with Gasteiger partial charge in [-0.2, -0.15) is 0 Å². The SMILES string of the molecule is [C-]#[N+]c1ccccc1-c1ccc2c(c1)c1cc(-c3ccccc3[N+]#[C-])ccc1n2-c1c(-c2ccccc2-n2c3ccccc3c3ccccc32)cc(-c2nc(-c3ccccc3)nc(-c3ccccc3)n2)cc1-c1ccccc1-n1c2ccccc2c2ccccc21. The molecule has 4 aromatic heterocycles. The van der Waals surface area contributed by atoms with Crippen LogP contribution in [0.4, 0.5) is 11.4 Å². The Morgan fingerprint density at radius 1 is 0.231 bits per heavy atom. The molecule has 0 saturated heterocycles. The van der Waals surface area contributed by atoms with Crippen LogP contribution in [0.15, 0.2) is 303 Å². The Morgan fingerprint density at radius 3 is 0.945 bits per heavy atom. The van der Waals surface area contributed by atoms with Crippen molar-refractivity contribution in [1.82, 2.24) is 28.7 Å². The summed E-state index contributed by atoms with van der Waals surface area (Å²) < 4.78 is 7.29. The van der Waals surface area contributed by atoms with E-state index in [4.69, 9.17) is 28.1 Å². The van der Waals surface area contributed by atoms with Crippen molar-refractivity contribution in [3.8, 4) is 95.7 Å². The number of fused-ring (bicyclic) bond motifs is 9. The van der Waals surface area contributed by atoms with Gasteiger partial charge in [0.05, 0.1) is 63.3 Å². The van der Waals surface area contributed by atoms with Crippen LogP contribution in [0.1, 0.15) is 0 Å². The maximum atomic E-state index is 8.30. The van der Waals surface area contributed by atoms with Gasteiger partial charge >= 0.3 is 0 Å². The molecule has 0 unspecified atom stereocenters. The Labute approximate surface area is 524 Å². The third-order valence-corrected chi connectivity index (χ3v) is 17.8. The molecule has 0 N–H and O–H groups in total. The fraction of sp³-hybridized carbons (Fsp3) is 0. The molecule has 91 heavy (non-hydrogen) atoms. The van der Waals surface area contributed by atoms with E-state index in [2.05, 4.69) is 242 Å². The van der Waals surface area contributed by atoms with Crippen molar-refractivity contribution >= 4 is 76.8 Å². The molecule has 0 aliphatic carbocycles. The molecule has 4 heterocycles. The zero-order chi connectivity index (χ0) is 60.5. The Kier molecular flexibility index (Phi) is 12.5. The summed E-state index contributed by atoms with van der Waals surface area (Å²) in [5.41, 5.74) is 20.2. The number of hydrogen-bond acceptors (Lipinski definition) is 3. The van der Waals surface area contributed by atoms with E-state index in [9.17, 15) is 0 Å². The lowest BCUT2D eigenvalue weighted by molar-refractivity contribution is 1.07. The van der Waals surface area contributed by atoms with Gasteiger partial charge in [0.15, 0.2) is 28.8 Å². The largest absolute Gasteiger partial charge is 0.309 e. The molecule has 0 amide bonds. The molecule has 0 radical (unpaired) electrons. The lowest BCUT2D eigenvalue weighted by Crippen LogP contribution is -2.07. The van der Waals surface area contributed by atoms with Crippen LogP contribution < -0.4 is 0 Å². The van der Waals surface area contributed by atoms with Crippen LogP contribution >= 0.6 is 0 Å². The summed E-state index contributed by atoms with van der Waals surface area (Å²) in [5, 5.41) is 6.59. The summed E-state index contributed by atoms with van der Waals surface area (Å²) in [6.45, 7) is 16.6. The standard InChI is InChI=1S/C83H50N8/c1-84-70-37-17-9-29-58(70)55-45-47-78-66(49-55)67-50-56(59-30-10-18-38-71(59)85-2)46-48-79(67)91(78)80-68(64-35-15-23-43-76(64)89-72-39-19-11-31-60(72)61-32-12-20-40-73(61)89)51-57(83-87-81(53-25-5-3-6-26-53)86-82(88-83)54-27-7-4-8-28-54)52-69(80)65-36-16-24-44-77(65)90-74-41-21-13-33-62(74)63-34-14-22-42-75(63)90/h3-52H. The molecule has 8 heteroatoms. The lowest BCUT2D eigenvalue weighted by atomic mass is 9.90. The average molecular weight is 1160 g/mol. The summed E-state index contributed by atoms with van der Waals surface area (Å²) in [7, 11) is 0. The van der Waals surface area contributed by atoms with Gasteiger partial charge in [-0.15, -0.1) is 0 Å². The van der Waals surface area contributed by atoms with E-state index < -0.39 is 0 Å². The van der Waals surface area contributed by atoms with Crippen molar-refractivity contribution in [2.75, 3.05) is 0 Å². The summed E-state index contributed by atoms with van der Waals surface area (Å²) in [5.74, 6) is 1.63. The molecule has 0 saturated carbocycles. The molecular formula is C83H50N8. The fourth-order valence-corrected chi connectivity index (χ4v) is 13.7. The van der Waals surface area contributed by atoms with E-state index in [1.54, 1.807) is 0 Å². The number of benzene rings is 13. The smallest absolute Gasteiger partial charge is 0.194 e. The zero-order valence-electron chi connectivity index (χ0n) is 48.9. The third-order valence-electron chi connectivity index (χ3n) is 17.8. The monoisotopic (exact) mass is 1160 g/mol. The third kappa shape index (κ3) is 8.62. The molecule has 0 bridgehead atoms. The highest BCUT2D eigenvalue weighted by atomic mass is 15.0. The second-order valence-electron chi connectivity index (χ2n) is 22.8. The molecular weight excluding hydrogens is 1110 g/mol. The first kappa shape index (κ1) is 52.6. The second-order valence-corrected chi connectivity index (χ2v) is 22.8. The highest BCUT2D eigenvalue weighted by Gasteiger charge is 2.28. The summed E-state index contributed by atoms with van der Waals surface area (Å²) in [4.78, 5) is 24.2. The van der Waals surface area contributed by atoms with E-state index in [1.807, 2.05) is 84.9 Å². The van der Waals surface area contributed by atoms with Crippen LogP contribution in [0.2, 0.25) is 0 Å². The fourth-order valence-electron chi connectivity index (χ4n) is 13.7. The van der Waals surface area contributed by atoms with Gasteiger partial charge in [0.25, 0.3) is 0 Å². The molecule has 17 aromatic rings. The Bertz CT molecular complexity index is 5420. The minimum Gasteiger partial charge on any atom is -0.309 e. The van der Waals surface area contributed by atoms with E-state index >= 15 is 0 Å². The molecule has 17 rings (SSSR count). The highest BCUT2D eigenvalue weighted by molar-refractivity contribution is 6.15. The molecule has 0 spiro atoms. The topological polar surface area (TPSA) is 62.2 Å². The number of nitrogens with zero attached hydrogens (tertiary/aromatic N) is 8. The van der Waals surface area contributed by atoms with Crippen LogP contribution in [0, 0.1) is 13.1 Å². The molecule has 0 aliphatic heterocycles. The van der Waals surface area contributed by atoms with E-state index in [1.165, 1.54) is 0 Å². The van der Waals surface area contributed by atoms with Crippen molar-refractivity contribution in [2.24, 2.45) is 0 Å². The molecule has 0 aliphatic rings. The number of para-hydroxylation sites is 8. The quantitative estimate of drug-likeness (QED) is 0.128. The van der Waals surface area contributed by atoms with Crippen molar-refractivity contribution in [3.05, 3.63) is 326 Å². The summed E-state index contributed by atoms with van der Waals surface area (Å²) in [6, 6.07) is 106. The molecule has 422 valence electrons. The van der Waals surface area contributed by atoms with Crippen molar-refractivity contribution in [2.45, 2.75) is 0 Å². The van der Waals surface area contributed by atoms with Gasteiger partial charge in [-0.1, -0.05) is 231 Å². The first-order valence-electron chi connectivity index (χ1n) is 30.3. The number of hydrogen-bond donors (Lipinski definition) is 0. The van der Waals surface area contributed by atoms with Gasteiger partial charge in [-0.25, -0.2) is 24.6 Å². The van der Waals surface area contributed by atoms with Crippen molar-refractivity contribution in [1.29, 1.82) is 0 Å². The first-order chi connectivity index (χ1) is 45.1. The van der Waals surface area contributed by atoms with Crippen LogP contribution in [0.3, 0.4) is 0 Å². The Hall–Kier alpha value is -12.8. The van der Waals surface area contributed by atoms with Crippen LogP contribution in [-0.2, 0) is 0 Å². The average Bonchev–Trinajstić information content (AvgIpc) is 1.67. The minimum absolute atomic E-state index is 0.513. The Balaban J connectivity index is 1.07. The van der Waals surface area contributed by atoms with Gasteiger partial charge in [-0.05, 0) is 95.1 Å². The van der Waals surface area contributed by atoms with Crippen molar-refractivity contribution in [3.63, 3.8) is 0 Å². The number of rotatable bonds is 10. The van der Waals surface area contributed by atoms with Gasteiger partial charge in [0, 0.05) is 71.3 Å². The number of aromatic nitrogens is 6. The van der Waals surface area contributed by atoms with Gasteiger partial charge in [0.2, 0.25) is 0 Å². The second kappa shape index (κ2) is 21.6. The molecule has 0 atom stereocenters. The molecule has 0 fully saturated rings. The maximum absolute atomic E-state index is 8.30. The summed E-state index contributed by atoms with van der Waals surface area (Å²) >= 11 is 0. The highest BCUT2D eigenvalue weighted by Crippen LogP contribution is 2.50. The van der Waals surface area contributed by atoms with E-state index in [-0.39, 0.29) is 0 Å². The first-order valence-corrected chi connectivity index (χ1v) is 30.3.